The summed E-state index contributed by atoms with van der Waals surface area (Å²) in [6.45, 7) is 3.74. The Bertz CT molecular complexity index is 163. The largest absolute Gasteiger partial charge is 0.264 e. The van der Waals surface area contributed by atoms with Crippen LogP contribution in [0, 0.1) is 10.1 Å². The van der Waals surface area contributed by atoms with E-state index in [2.05, 4.69) is 6.58 Å². The van der Waals surface area contributed by atoms with Crippen molar-refractivity contribution in [3.8, 4) is 0 Å². The van der Waals surface area contributed by atoms with E-state index >= 15 is 0 Å². The number of nitrogens with zero attached hydrogens (tertiary/aromatic N) is 1. The molecule has 0 aliphatic heterocycles. The van der Waals surface area contributed by atoms with E-state index < -0.39 is 0 Å². The van der Waals surface area contributed by atoms with Crippen molar-refractivity contribution in [2.45, 2.75) is 31.7 Å². The fourth-order valence-electron chi connectivity index (χ4n) is 1.30. The average Bonchev–Trinajstić information content (AvgIpc) is 1.88. The molecule has 1 saturated carbocycles. The van der Waals surface area contributed by atoms with Crippen molar-refractivity contribution in [3.63, 3.8) is 0 Å². The van der Waals surface area contributed by atoms with Crippen molar-refractivity contribution < 1.29 is 4.92 Å². The Morgan fingerprint density at radius 2 is 2.40 bits per heavy atom. The molecule has 0 saturated heterocycles. The second-order valence-electron chi connectivity index (χ2n) is 2.79. The Labute approximate surface area is 59.9 Å². The summed E-state index contributed by atoms with van der Waals surface area (Å²) in [5.41, 5.74) is 1.04. The topological polar surface area (TPSA) is 43.1 Å². The fraction of sp³-hybridized carbons (Fsp3) is 0.714. The molecule has 3 heteroatoms. The highest BCUT2D eigenvalue weighted by atomic mass is 16.6. The van der Waals surface area contributed by atoms with Crippen LogP contribution in [0.2, 0.25) is 0 Å². The van der Waals surface area contributed by atoms with E-state index in [-0.39, 0.29) is 11.0 Å². The second kappa shape index (κ2) is 2.82. The third-order valence-corrected chi connectivity index (χ3v) is 1.89. The first-order valence-electron chi connectivity index (χ1n) is 3.50. The van der Waals surface area contributed by atoms with Gasteiger partial charge in [0.25, 0.3) is 0 Å². The molecule has 56 valence electrons. The molecule has 0 radical (unpaired) electrons. The molecule has 0 N–H and O–H groups in total. The molecular weight excluding hydrogens is 130 g/mol. The molecule has 0 spiro atoms. The zero-order chi connectivity index (χ0) is 7.56. The summed E-state index contributed by atoms with van der Waals surface area (Å²) in [5, 5.41) is 10.3. The van der Waals surface area contributed by atoms with E-state index in [9.17, 15) is 10.1 Å². The first-order chi connectivity index (χ1) is 4.70. The molecule has 0 aromatic heterocycles. The molecule has 0 bridgehead atoms. The molecule has 0 amide bonds. The predicted octanol–water partition coefficient (Wildman–Crippen LogP) is 1.76. The lowest BCUT2D eigenvalue weighted by Crippen LogP contribution is -2.22. The molecule has 0 heterocycles. The van der Waals surface area contributed by atoms with Gasteiger partial charge in [0.15, 0.2) is 0 Å². The maximum absolute atomic E-state index is 10.3. The summed E-state index contributed by atoms with van der Waals surface area (Å²) in [7, 11) is 0. The van der Waals surface area contributed by atoms with Gasteiger partial charge >= 0.3 is 0 Å². The molecule has 0 aromatic rings. The molecule has 10 heavy (non-hydrogen) atoms. The van der Waals surface area contributed by atoms with E-state index in [4.69, 9.17) is 0 Å². The van der Waals surface area contributed by atoms with Crippen LogP contribution in [0.4, 0.5) is 0 Å². The van der Waals surface area contributed by atoms with Crippen molar-refractivity contribution in [1.82, 2.24) is 0 Å². The van der Waals surface area contributed by atoms with Crippen molar-refractivity contribution in [2.24, 2.45) is 0 Å². The van der Waals surface area contributed by atoms with Crippen LogP contribution in [0.3, 0.4) is 0 Å². The predicted molar refractivity (Wildman–Crippen MR) is 38.4 cm³/mol. The van der Waals surface area contributed by atoms with Gasteiger partial charge in [0.1, 0.15) is 0 Å². The molecule has 3 nitrogen and oxygen atoms in total. The van der Waals surface area contributed by atoms with Gasteiger partial charge in [-0.3, -0.25) is 10.1 Å². The van der Waals surface area contributed by atoms with Crippen molar-refractivity contribution in [3.05, 3.63) is 22.3 Å². The van der Waals surface area contributed by atoms with Crippen LogP contribution >= 0.6 is 0 Å². The Morgan fingerprint density at radius 1 is 1.70 bits per heavy atom. The maximum Gasteiger partial charge on any atom is 0.216 e. The molecule has 1 aliphatic rings. The highest BCUT2D eigenvalue weighted by Gasteiger charge is 2.24. The van der Waals surface area contributed by atoms with Gasteiger partial charge in [-0.25, -0.2) is 0 Å². The maximum atomic E-state index is 10.3. The normalized spacial score (nSPS) is 26.4. The minimum Gasteiger partial charge on any atom is -0.264 e. The molecule has 1 rings (SSSR count). The Balaban J connectivity index is 2.47. The summed E-state index contributed by atoms with van der Waals surface area (Å²) >= 11 is 0. The first-order valence-corrected chi connectivity index (χ1v) is 3.50. The van der Waals surface area contributed by atoms with Gasteiger partial charge in [0, 0.05) is 17.8 Å². The van der Waals surface area contributed by atoms with Gasteiger partial charge in [-0.15, -0.1) is 0 Å². The van der Waals surface area contributed by atoms with Crippen molar-refractivity contribution in [2.75, 3.05) is 0 Å². The monoisotopic (exact) mass is 141 g/mol. The van der Waals surface area contributed by atoms with Crippen LogP contribution in [0.1, 0.15) is 25.7 Å². The minimum absolute atomic E-state index is 0.190. The zero-order valence-corrected chi connectivity index (χ0v) is 5.88. The number of hydrogen-bond acceptors (Lipinski definition) is 2. The SMILES string of the molecule is C=C1CCCC([N+](=O)[O-])C1. The number of nitro groups is 1. The summed E-state index contributed by atoms with van der Waals surface area (Å²) in [5.74, 6) is 0. The van der Waals surface area contributed by atoms with E-state index in [0.717, 1.165) is 24.8 Å². The van der Waals surface area contributed by atoms with E-state index in [1.54, 1.807) is 0 Å². The van der Waals surface area contributed by atoms with Gasteiger partial charge in [0.05, 0.1) is 0 Å². The molecule has 1 fully saturated rings. The van der Waals surface area contributed by atoms with Gasteiger partial charge in [-0.05, 0) is 12.8 Å². The summed E-state index contributed by atoms with van der Waals surface area (Å²) in [4.78, 5) is 10.1. The second-order valence-corrected chi connectivity index (χ2v) is 2.79. The molecular formula is C7H11NO2. The summed E-state index contributed by atoms with van der Waals surface area (Å²) in [6, 6.07) is -0.346. The van der Waals surface area contributed by atoms with E-state index in [0.29, 0.717) is 6.42 Å². The van der Waals surface area contributed by atoms with Crippen molar-refractivity contribution in [1.29, 1.82) is 0 Å². The summed E-state index contributed by atoms with van der Waals surface area (Å²) < 4.78 is 0. The minimum atomic E-state index is -0.346. The van der Waals surface area contributed by atoms with Crippen LogP contribution in [0.25, 0.3) is 0 Å². The van der Waals surface area contributed by atoms with E-state index in [1.807, 2.05) is 0 Å². The quantitative estimate of drug-likeness (QED) is 0.317. The lowest BCUT2D eigenvalue weighted by atomic mass is 9.92. The smallest absolute Gasteiger partial charge is 0.216 e. The summed E-state index contributed by atoms with van der Waals surface area (Å²) in [6.07, 6.45) is 3.23. The lowest BCUT2D eigenvalue weighted by Gasteiger charge is -2.16. The zero-order valence-electron chi connectivity index (χ0n) is 5.88. The number of hydrogen-bond donors (Lipinski definition) is 0. The Kier molecular flexibility index (Phi) is 2.04. The molecule has 1 aliphatic carbocycles. The van der Waals surface area contributed by atoms with Crippen LogP contribution in [-0.4, -0.2) is 11.0 Å². The van der Waals surface area contributed by atoms with Crippen LogP contribution < -0.4 is 0 Å². The lowest BCUT2D eigenvalue weighted by molar-refractivity contribution is -0.524. The highest BCUT2D eigenvalue weighted by Crippen LogP contribution is 2.23. The Hall–Kier alpha value is -0.860. The Morgan fingerprint density at radius 3 is 2.80 bits per heavy atom. The standard InChI is InChI=1S/C7H11NO2/c1-6-3-2-4-7(5-6)8(9)10/h7H,1-5H2. The van der Waals surface area contributed by atoms with Crippen LogP contribution in [0.5, 0.6) is 0 Å². The molecule has 1 atom stereocenters. The molecule has 1 unspecified atom stereocenters. The third kappa shape index (κ3) is 1.56. The average molecular weight is 141 g/mol. The van der Waals surface area contributed by atoms with Gasteiger partial charge in [-0.2, -0.15) is 0 Å². The first kappa shape index (κ1) is 7.25. The van der Waals surface area contributed by atoms with Gasteiger partial charge in [0.2, 0.25) is 6.04 Å². The van der Waals surface area contributed by atoms with E-state index in [1.165, 1.54) is 0 Å². The van der Waals surface area contributed by atoms with Gasteiger partial charge < -0.3 is 0 Å². The number of rotatable bonds is 1. The van der Waals surface area contributed by atoms with Crippen LogP contribution in [-0.2, 0) is 0 Å². The fourth-order valence-corrected chi connectivity index (χ4v) is 1.30. The van der Waals surface area contributed by atoms with Crippen molar-refractivity contribution >= 4 is 0 Å². The highest BCUT2D eigenvalue weighted by molar-refractivity contribution is 4.99. The van der Waals surface area contributed by atoms with Gasteiger partial charge in [-0.1, -0.05) is 12.2 Å². The third-order valence-electron chi connectivity index (χ3n) is 1.89. The van der Waals surface area contributed by atoms with Crippen LogP contribution in [0.15, 0.2) is 12.2 Å². The molecule has 0 aromatic carbocycles.